The van der Waals surface area contributed by atoms with E-state index in [2.05, 4.69) is 10.6 Å². The molecule has 2 fully saturated rings. The minimum Gasteiger partial charge on any atom is -0.388 e. The van der Waals surface area contributed by atoms with Crippen LogP contribution in [0, 0.1) is 5.92 Å². The van der Waals surface area contributed by atoms with Crippen LogP contribution in [-0.4, -0.2) is 29.2 Å². The molecule has 0 spiro atoms. The van der Waals surface area contributed by atoms with Crippen molar-refractivity contribution in [3.8, 4) is 0 Å². The summed E-state index contributed by atoms with van der Waals surface area (Å²) in [5, 5.41) is 17.2. The molecule has 0 unspecified atom stereocenters. The molecule has 1 aromatic rings. The molecule has 3 rings (SSSR count). The summed E-state index contributed by atoms with van der Waals surface area (Å²) in [6.45, 7) is 2.57. The summed E-state index contributed by atoms with van der Waals surface area (Å²) in [5.74, 6) is 0.240. The van der Waals surface area contributed by atoms with Gasteiger partial charge in [0.15, 0.2) is 0 Å². The molecular weight excluding hydrogens is 252 g/mol. The average molecular weight is 274 g/mol. The molecule has 0 radical (unpaired) electrons. The average Bonchev–Trinajstić information content (AvgIpc) is 3.26. The Morgan fingerprint density at radius 3 is 2.70 bits per heavy atom. The van der Waals surface area contributed by atoms with Crippen LogP contribution in [0.3, 0.4) is 0 Å². The predicted octanol–water partition coefficient (Wildman–Crippen LogP) is 1.37. The van der Waals surface area contributed by atoms with E-state index in [1.54, 1.807) is 0 Å². The van der Waals surface area contributed by atoms with Gasteiger partial charge in [0.05, 0.1) is 17.7 Å². The van der Waals surface area contributed by atoms with Gasteiger partial charge in [-0.05, 0) is 38.3 Å². The van der Waals surface area contributed by atoms with Crippen molar-refractivity contribution in [3.63, 3.8) is 0 Å². The number of nitrogens with one attached hydrogen (secondary N) is 2. The van der Waals surface area contributed by atoms with E-state index >= 15 is 0 Å². The van der Waals surface area contributed by atoms with E-state index in [0.717, 1.165) is 24.9 Å². The topological polar surface area (TPSA) is 61.4 Å². The minimum atomic E-state index is -0.879. The molecule has 108 valence electrons. The molecule has 0 bridgehead atoms. The van der Waals surface area contributed by atoms with E-state index in [0.29, 0.717) is 6.42 Å². The van der Waals surface area contributed by atoms with Crippen molar-refractivity contribution in [2.24, 2.45) is 5.92 Å². The molecule has 1 aromatic carbocycles. The van der Waals surface area contributed by atoms with Crippen molar-refractivity contribution in [2.45, 2.75) is 43.9 Å². The lowest BCUT2D eigenvalue weighted by Crippen LogP contribution is -2.61. The van der Waals surface area contributed by atoms with Gasteiger partial charge in [-0.1, -0.05) is 30.3 Å². The van der Waals surface area contributed by atoms with Crippen LogP contribution in [-0.2, 0) is 4.79 Å². The first-order valence-electron chi connectivity index (χ1n) is 7.39. The normalized spacial score (nSPS) is 33.7. The summed E-state index contributed by atoms with van der Waals surface area (Å²) >= 11 is 0. The summed E-state index contributed by atoms with van der Waals surface area (Å²) in [7, 11) is 0. The van der Waals surface area contributed by atoms with Crippen molar-refractivity contribution in [1.82, 2.24) is 10.6 Å². The van der Waals surface area contributed by atoms with E-state index in [-0.39, 0.29) is 23.9 Å². The van der Waals surface area contributed by atoms with E-state index in [4.69, 9.17) is 0 Å². The molecule has 1 saturated carbocycles. The van der Waals surface area contributed by atoms with Gasteiger partial charge in [-0.15, -0.1) is 0 Å². The molecule has 3 atom stereocenters. The zero-order chi connectivity index (χ0) is 14.2. The number of hydrogen-bond donors (Lipinski definition) is 3. The van der Waals surface area contributed by atoms with Gasteiger partial charge >= 0.3 is 0 Å². The van der Waals surface area contributed by atoms with Crippen molar-refractivity contribution < 1.29 is 9.90 Å². The van der Waals surface area contributed by atoms with Crippen LogP contribution >= 0.6 is 0 Å². The van der Waals surface area contributed by atoms with E-state index in [9.17, 15) is 9.90 Å². The molecule has 1 aliphatic carbocycles. The first-order chi connectivity index (χ1) is 9.58. The molecule has 1 aliphatic heterocycles. The Balaban J connectivity index is 1.83. The van der Waals surface area contributed by atoms with Gasteiger partial charge in [-0.3, -0.25) is 4.79 Å². The predicted molar refractivity (Wildman–Crippen MR) is 77.1 cm³/mol. The Morgan fingerprint density at radius 1 is 1.35 bits per heavy atom. The number of carbonyl (C=O) groups excluding carboxylic acids is 1. The third-order valence-corrected chi connectivity index (χ3v) is 4.40. The third kappa shape index (κ3) is 2.72. The van der Waals surface area contributed by atoms with Crippen molar-refractivity contribution in [2.75, 3.05) is 6.54 Å². The van der Waals surface area contributed by atoms with Crippen LogP contribution in [0.1, 0.15) is 37.8 Å². The van der Waals surface area contributed by atoms with E-state index in [1.165, 1.54) is 0 Å². The first kappa shape index (κ1) is 13.6. The zero-order valence-electron chi connectivity index (χ0n) is 11.8. The molecule has 1 saturated heterocycles. The molecule has 20 heavy (non-hydrogen) atoms. The quantitative estimate of drug-likeness (QED) is 0.780. The molecule has 1 amide bonds. The summed E-state index contributed by atoms with van der Waals surface area (Å²) < 4.78 is 0. The lowest BCUT2D eigenvalue weighted by atomic mass is 9.81. The lowest BCUT2D eigenvalue weighted by molar-refractivity contribution is -0.126. The fourth-order valence-electron chi connectivity index (χ4n) is 2.94. The molecule has 4 heteroatoms. The minimum absolute atomic E-state index is 0.0392. The highest BCUT2D eigenvalue weighted by molar-refractivity contribution is 5.81. The first-order valence-corrected chi connectivity index (χ1v) is 7.39. The standard InChI is InChI=1S/C16H22N2O2/c1-16(20)9-10-17-13(11-5-3-2-4-6-11)14(16)18-15(19)12-7-8-12/h2-6,12-14,17,20H,7-10H2,1H3,(H,18,19)/t13-,14-,16+/m0/s1. The van der Waals surface area contributed by atoms with E-state index in [1.807, 2.05) is 37.3 Å². The Bertz CT molecular complexity index is 483. The molecule has 0 aromatic heterocycles. The number of carbonyl (C=O) groups is 1. The monoisotopic (exact) mass is 274 g/mol. The van der Waals surface area contributed by atoms with Crippen molar-refractivity contribution >= 4 is 5.91 Å². The third-order valence-electron chi connectivity index (χ3n) is 4.40. The second kappa shape index (κ2) is 5.19. The van der Waals surface area contributed by atoms with Gasteiger partial charge < -0.3 is 15.7 Å². The van der Waals surface area contributed by atoms with Gasteiger partial charge in [0.25, 0.3) is 0 Å². The van der Waals surface area contributed by atoms with Crippen molar-refractivity contribution in [3.05, 3.63) is 35.9 Å². The lowest BCUT2D eigenvalue weighted by Gasteiger charge is -2.43. The fourth-order valence-corrected chi connectivity index (χ4v) is 2.94. The number of piperidine rings is 1. The Labute approximate surface area is 119 Å². The van der Waals surface area contributed by atoms with E-state index < -0.39 is 5.60 Å². The van der Waals surface area contributed by atoms with Gasteiger partial charge in [0.1, 0.15) is 0 Å². The van der Waals surface area contributed by atoms with Crippen LogP contribution in [0.4, 0.5) is 0 Å². The maximum Gasteiger partial charge on any atom is 0.223 e. The zero-order valence-corrected chi connectivity index (χ0v) is 11.8. The number of benzene rings is 1. The Hall–Kier alpha value is -1.39. The van der Waals surface area contributed by atoms with Crippen LogP contribution < -0.4 is 10.6 Å². The number of aliphatic hydroxyl groups is 1. The van der Waals surface area contributed by atoms with Crippen LogP contribution in [0.5, 0.6) is 0 Å². The SMILES string of the molecule is C[C@@]1(O)CCN[C@@H](c2ccccc2)[C@@H]1NC(=O)C1CC1. The summed E-state index contributed by atoms with van der Waals surface area (Å²) in [4.78, 5) is 12.1. The Morgan fingerprint density at radius 2 is 2.05 bits per heavy atom. The summed E-state index contributed by atoms with van der Waals surface area (Å²) in [6.07, 6.45) is 2.60. The number of amides is 1. The van der Waals surface area contributed by atoms with Gasteiger partial charge in [-0.2, -0.15) is 0 Å². The molecule has 1 heterocycles. The summed E-state index contributed by atoms with van der Waals surface area (Å²) in [5.41, 5.74) is 0.226. The number of hydrogen-bond acceptors (Lipinski definition) is 3. The van der Waals surface area contributed by atoms with Crippen LogP contribution in [0.15, 0.2) is 30.3 Å². The fraction of sp³-hybridized carbons (Fsp3) is 0.562. The smallest absolute Gasteiger partial charge is 0.223 e. The second-order valence-corrected chi connectivity index (χ2v) is 6.21. The van der Waals surface area contributed by atoms with Gasteiger partial charge in [0, 0.05) is 5.92 Å². The van der Waals surface area contributed by atoms with Gasteiger partial charge in [0.2, 0.25) is 5.91 Å². The Kier molecular flexibility index (Phi) is 3.52. The summed E-state index contributed by atoms with van der Waals surface area (Å²) in [6, 6.07) is 9.70. The van der Waals surface area contributed by atoms with Crippen molar-refractivity contribution in [1.29, 1.82) is 0 Å². The highest BCUT2D eigenvalue weighted by Crippen LogP contribution is 2.33. The number of rotatable bonds is 3. The van der Waals surface area contributed by atoms with Crippen LogP contribution in [0.25, 0.3) is 0 Å². The largest absolute Gasteiger partial charge is 0.388 e. The maximum absolute atomic E-state index is 12.1. The highest BCUT2D eigenvalue weighted by Gasteiger charge is 2.44. The van der Waals surface area contributed by atoms with Gasteiger partial charge in [-0.25, -0.2) is 0 Å². The molecule has 4 nitrogen and oxygen atoms in total. The molecule has 2 aliphatic rings. The maximum atomic E-state index is 12.1. The highest BCUT2D eigenvalue weighted by atomic mass is 16.3. The molecular formula is C16H22N2O2. The molecule has 3 N–H and O–H groups in total. The second-order valence-electron chi connectivity index (χ2n) is 6.21. The van der Waals surface area contributed by atoms with Crippen LogP contribution in [0.2, 0.25) is 0 Å².